The molecule has 2 N–H and O–H groups in total. The van der Waals surface area contributed by atoms with Crippen LogP contribution in [0.1, 0.15) is 4.88 Å². The molecule has 0 atom stereocenters. The van der Waals surface area contributed by atoms with Gasteiger partial charge in [-0.1, -0.05) is 17.4 Å². The summed E-state index contributed by atoms with van der Waals surface area (Å²) in [5.74, 6) is -1.41. The van der Waals surface area contributed by atoms with Crippen molar-refractivity contribution in [3.63, 3.8) is 0 Å². The third kappa shape index (κ3) is 3.17. The molecule has 108 valence electrons. The van der Waals surface area contributed by atoms with Gasteiger partial charge in [-0.05, 0) is 17.5 Å². The largest absolute Gasteiger partial charge is 0.333 e. The highest BCUT2D eigenvalue weighted by Gasteiger charge is 2.12. The normalized spacial score (nSPS) is 10.8. The van der Waals surface area contributed by atoms with Crippen molar-refractivity contribution in [2.75, 3.05) is 5.32 Å². The van der Waals surface area contributed by atoms with Crippen LogP contribution >= 0.6 is 22.7 Å². The Morgan fingerprint density at radius 3 is 2.95 bits per heavy atom. The van der Waals surface area contributed by atoms with Crippen LogP contribution in [-0.2, 0) is 6.54 Å². The van der Waals surface area contributed by atoms with Crippen LogP contribution < -0.4 is 10.6 Å². The molecule has 0 aliphatic heterocycles. The Bertz CT molecular complexity index is 786. The lowest BCUT2D eigenvalue weighted by molar-refractivity contribution is 0.252. The number of carbonyl (C=O) groups is 1. The van der Waals surface area contributed by atoms with Crippen molar-refractivity contribution >= 4 is 44.1 Å². The fourth-order valence-corrected chi connectivity index (χ4v) is 3.28. The Balaban J connectivity index is 1.69. The number of nitrogens with one attached hydrogen (secondary N) is 2. The number of benzene rings is 1. The number of carbonyl (C=O) groups excluding carboxylic acids is 1. The van der Waals surface area contributed by atoms with Crippen LogP contribution in [0, 0.1) is 11.6 Å². The zero-order chi connectivity index (χ0) is 14.8. The van der Waals surface area contributed by atoms with E-state index in [9.17, 15) is 13.6 Å². The van der Waals surface area contributed by atoms with E-state index in [0.29, 0.717) is 11.2 Å². The molecule has 0 aliphatic rings. The minimum absolute atomic E-state index is 0.0509. The van der Waals surface area contributed by atoms with Gasteiger partial charge in [-0.25, -0.2) is 18.6 Å². The Morgan fingerprint density at radius 2 is 2.19 bits per heavy atom. The average Bonchev–Trinajstić information content (AvgIpc) is 3.05. The van der Waals surface area contributed by atoms with Gasteiger partial charge >= 0.3 is 6.03 Å². The zero-order valence-corrected chi connectivity index (χ0v) is 12.2. The summed E-state index contributed by atoms with van der Waals surface area (Å²) < 4.78 is 26.9. The van der Waals surface area contributed by atoms with E-state index in [1.54, 1.807) is 0 Å². The highest BCUT2D eigenvalue weighted by atomic mass is 32.1. The van der Waals surface area contributed by atoms with Crippen molar-refractivity contribution < 1.29 is 13.6 Å². The van der Waals surface area contributed by atoms with Crippen LogP contribution in [0.4, 0.5) is 18.7 Å². The second-order valence-corrected chi connectivity index (χ2v) is 6.20. The number of halogens is 2. The SMILES string of the molecule is O=C(NCc1cccs1)Nc1nc2c(F)cc(F)cc2s1. The molecular weight excluding hydrogens is 316 g/mol. The number of rotatable bonds is 3. The molecule has 1 aromatic carbocycles. The van der Waals surface area contributed by atoms with Crippen molar-refractivity contribution in [3.05, 3.63) is 46.2 Å². The molecule has 8 heteroatoms. The van der Waals surface area contributed by atoms with Crippen molar-refractivity contribution in [1.82, 2.24) is 10.3 Å². The van der Waals surface area contributed by atoms with E-state index in [0.717, 1.165) is 22.3 Å². The molecule has 21 heavy (non-hydrogen) atoms. The Kier molecular flexibility index (Phi) is 3.80. The van der Waals surface area contributed by atoms with Gasteiger partial charge in [-0.3, -0.25) is 5.32 Å². The summed E-state index contributed by atoms with van der Waals surface area (Å²) in [4.78, 5) is 16.7. The fourth-order valence-electron chi connectivity index (χ4n) is 1.73. The van der Waals surface area contributed by atoms with E-state index in [4.69, 9.17) is 0 Å². The van der Waals surface area contributed by atoms with Gasteiger partial charge in [0.25, 0.3) is 0 Å². The molecule has 3 rings (SSSR count). The molecule has 0 aliphatic carbocycles. The molecule has 0 saturated heterocycles. The lowest BCUT2D eigenvalue weighted by Crippen LogP contribution is -2.27. The number of amides is 2. The van der Waals surface area contributed by atoms with E-state index in [-0.39, 0.29) is 10.6 Å². The van der Waals surface area contributed by atoms with Gasteiger partial charge in [0.05, 0.1) is 11.2 Å². The van der Waals surface area contributed by atoms with Gasteiger partial charge in [0.1, 0.15) is 11.3 Å². The minimum Gasteiger partial charge on any atom is -0.333 e. The molecule has 2 amide bonds. The van der Waals surface area contributed by atoms with Crippen LogP contribution in [0.15, 0.2) is 29.6 Å². The Morgan fingerprint density at radius 1 is 1.33 bits per heavy atom. The lowest BCUT2D eigenvalue weighted by Gasteiger charge is -2.03. The molecule has 0 spiro atoms. The van der Waals surface area contributed by atoms with E-state index >= 15 is 0 Å². The Hall–Kier alpha value is -2.06. The summed E-state index contributed by atoms with van der Waals surface area (Å²) in [6, 6.07) is 5.31. The summed E-state index contributed by atoms with van der Waals surface area (Å²) in [5.41, 5.74) is 0.0509. The van der Waals surface area contributed by atoms with E-state index in [1.807, 2.05) is 17.5 Å². The predicted octanol–water partition coefficient (Wildman–Crippen LogP) is 3.96. The van der Waals surface area contributed by atoms with Gasteiger partial charge < -0.3 is 5.32 Å². The first-order chi connectivity index (χ1) is 10.1. The Labute approximate surface area is 126 Å². The smallest absolute Gasteiger partial charge is 0.321 e. The number of fused-ring (bicyclic) bond motifs is 1. The molecule has 2 heterocycles. The summed E-state index contributed by atoms with van der Waals surface area (Å²) >= 11 is 2.55. The number of thiazole rings is 1. The molecule has 0 bridgehead atoms. The van der Waals surface area contributed by atoms with Crippen LogP contribution in [0.5, 0.6) is 0 Å². The predicted molar refractivity (Wildman–Crippen MR) is 79.7 cm³/mol. The number of thiophene rings is 1. The number of hydrogen-bond donors (Lipinski definition) is 2. The third-order valence-corrected chi connectivity index (χ3v) is 4.43. The number of nitrogens with zero attached hydrogens (tertiary/aromatic N) is 1. The van der Waals surface area contributed by atoms with Crippen LogP contribution in [0.3, 0.4) is 0 Å². The van der Waals surface area contributed by atoms with E-state index < -0.39 is 17.7 Å². The standard InChI is InChI=1S/C13H9F2N3OS2/c14-7-4-9(15)11-10(5-7)21-13(17-11)18-12(19)16-6-8-2-1-3-20-8/h1-5H,6H2,(H2,16,17,18,19). The summed E-state index contributed by atoms with van der Waals surface area (Å²) in [6.07, 6.45) is 0. The van der Waals surface area contributed by atoms with Crippen molar-refractivity contribution in [2.45, 2.75) is 6.54 Å². The van der Waals surface area contributed by atoms with E-state index in [1.165, 1.54) is 17.4 Å². The molecule has 4 nitrogen and oxygen atoms in total. The average molecular weight is 325 g/mol. The van der Waals surface area contributed by atoms with Crippen LogP contribution in [0.2, 0.25) is 0 Å². The molecular formula is C13H9F2N3OS2. The fraction of sp³-hybridized carbons (Fsp3) is 0.0769. The van der Waals surface area contributed by atoms with E-state index in [2.05, 4.69) is 15.6 Å². The van der Waals surface area contributed by atoms with Crippen LogP contribution in [0.25, 0.3) is 10.2 Å². The number of aromatic nitrogens is 1. The van der Waals surface area contributed by atoms with Gasteiger partial charge in [-0.15, -0.1) is 11.3 Å². The number of hydrogen-bond acceptors (Lipinski definition) is 4. The number of anilines is 1. The van der Waals surface area contributed by atoms with Gasteiger partial charge in [0, 0.05) is 10.9 Å². The maximum Gasteiger partial charge on any atom is 0.321 e. The second kappa shape index (κ2) is 5.74. The number of urea groups is 1. The third-order valence-electron chi connectivity index (χ3n) is 2.64. The molecule has 0 fully saturated rings. The van der Waals surface area contributed by atoms with Crippen molar-refractivity contribution in [1.29, 1.82) is 0 Å². The maximum absolute atomic E-state index is 13.5. The van der Waals surface area contributed by atoms with Gasteiger partial charge in [-0.2, -0.15) is 0 Å². The maximum atomic E-state index is 13.5. The van der Waals surface area contributed by atoms with Crippen molar-refractivity contribution in [3.8, 4) is 0 Å². The molecule has 3 aromatic rings. The summed E-state index contributed by atoms with van der Waals surface area (Å²) in [7, 11) is 0. The molecule has 0 unspecified atom stereocenters. The van der Waals surface area contributed by atoms with Gasteiger partial charge in [0.15, 0.2) is 10.9 Å². The molecule has 0 radical (unpaired) electrons. The highest BCUT2D eigenvalue weighted by Crippen LogP contribution is 2.28. The minimum atomic E-state index is -0.742. The van der Waals surface area contributed by atoms with Gasteiger partial charge in [0.2, 0.25) is 0 Å². The quantitative estimate of drug-likeness (QED) is 0.766. The first-order valence-electron chi connectivity index (χ1n) is 5.94. The topological polar surface area (TPSA) is 54.0 Å². The zero-order valence-electron chi connectivity index (χ0n) is 10.5. The molecule has 2 aromatic heterocycles. The second-order valence-electron chi connectivity index (χ2n) is 4.14. The summed E-state index contributed by atoms with van der Waals surface area (Å²) in [5, 5.41) is 7.31. The first-order valence-corrected chi connectivity index (χ1v) is 7.64. The van der Waals surface area contributed by atoms with Crippen molar-refractivity contribution in [2.24, 2.45) is 0 Å². The molecule has 0 saturated carbocycles. The highest BCUT2D eigenvalue weighted by molar-refractivity contribution is 7.22. The lowest BCUT2D eigenvalue weighted by atomic mass is 10.3. The van der Waals surface area contributed by atoms with Crippen LogP contribution in [-0.4, -0.2) is 11.0 Å². The first kappa shape index (κ1) is 13.9. The monoisotopic (exact) mass is 325 g/mol. The summed E-state index contributed by atoms with van der Waals surface area (Å²) in [6.45, 7) is 0.400.